The molecule has 5 nitrogen and oxygen atoms in total. The maximum Gasteiger partial charge on any atom is 0.337 e. The van der Waals surface area contributed by atoms with Crippen LogP contribution in [0.25, 0.3) is 16.8 Å². The Bertz CT molecular complexity index is 1040. The number of fused-ring (bicyclic) bond motifs is 1. The number of carbonyl (C=O) groups is 1. The molecule has 0 aliphatic rings. The highest BCUT2D eigenvalue weighted by atomic mass is 79.9. The van der Waals surface area contributed by atoms with Crippen LogP contribution in [0.15, 0.2) is 57.9 Å². The highest BCUT2D eigenvalue weighted by Crippen LogP contribution is 2.21. The van der Waals surface area contributed by atoms with E-state index in [2.05, 4.69) is 25.7 Å². The third-order valence-electron chi connectivity index (χ3n) is 3.49. The van der Waals surface area contributed by atoms with Crippen LogP contribution in [-0.4, -0.2) is 22.5 Å². The Morgan fingerprint density at radius 3 is 2.64 bits per heavy atom. The first-order chi connectivity index (χ1) is 12.0. The second-order valence-corrected chi connectivity index (χ2v) is 6.48. The van der Waals surface area contributed by atoms with Crippen molar-refractivity contribution in [3.8, 4) is 0 Å². The molecule has 0 saturated heterocycles. The fourth-order valence-electron chi connectivity index (χ4n) is 2.25. The molecule has 3 aromatic rings. The quantitative estimate of drug-likeness (QED) is 0.603. The molecule has 0 unspecified atom stereocenters. The summed E-state index contributed by atoms with van der Waals surface area (Å²) < 4.78 is 6.87. The van der Waals surface area contributed by atoms with Crippen molar-refractivity contribution in [1.82, 2.24) is 9.38 Å². The van der Waals surface area contributed by atoms with Gasteiger partial charge in [0, 0.05) is 16.7 Å². The van der Waals surface area contributed by atoms with E-state index in [-0.39, 0.29) is 5.56 Å². The highest BCUT2D eigenvalue weighted by Gasteiger charge is 2.07. The van der Waals surface area contributed by atoms with Gasteiger partial charge in [0.15, 0.2) is 0 Å². The van der Waals surface area contributed by atoms with Crippen LogP contribution in [0.2, 0.25) is 0 Å². The Labute approximate surface area is 156 Å². The van der Waals surface area contributed by atoms with Crippen molar-refractivity contribution >= 4 is 50.3 Å². The van der Waals surface area contributed by atoms with Gasteiger partial charge in [-0.2, -0.15) is 0 Å². The molecule has 25 heavy (non-hydrogen) atoms. The molecule has 0 atom stereocenters. The summed E-state index contributed by atoms with van der Waals surface area (Å²) in [6.07, 6.45) is 3.33. The van der Waals surface area contributed by atoms with Gasteiger partial charge in [-0.3, -0.25) is 9.20 Å². The lowest BCUT2D eigenvalue weighted by atomic mass is 10.1. The molecule has 3 rings (SSSR count). The number of hydrogen-bond donors (Lipinski definition) is 0. The topological polar surface area (TPSA) is 60.7 Å². The largest absolute Gasteiger partial charge is 0.465 e. The Morgan fingerprint density at radius 1 is 1.24 bits per heavy atom. The Balaban J connectivity index is 1.97. The van der Waals surface area contributed by atoms with Crippen molar-refractivity contribution in [3.63, 3.8) is 0 Å². The summed E-state index contributed by atoms with van der Waals surface area (Å²) in [4.78, 5) is 28.1. The fraction of sp³-hybridized carbons (Fsp3) is 0.0556. The standard InChI is InChI=1S/C18H12BrClN2O3/c1-25-18(24)12-4-2-11(3-5-12)8-14(20)15-9-17(23)22-10-13(19)6-7-16(22)21-15/h2-10H,1H3. The van der Waals surface area contributed by atoms with Gasteiger partial charge in [-0.25, -0.2) is 9.78 Å². The smallest absolute Gasteiger partial charge is 0.337 e. The molecule has 0 amide bonds. The van der Waals surface area contributed by atoms with Crippen LogP contribution in [0.1, 0.15) is 21.6 Å². The maximum absolute atomic E-state index is 12.2. The lowest BCUT2D eigenvalue weighted by Gasteiger charge is -2.04. The minimum absolute atomic E-state index is 0.228. The fourth-order valence-corrected chi connectivity index (χ4v) is 2.81. The zero-order chi connectivity index (χ0) is 18.0. The predicted molar refractivity (Wildman–Crippen MR) is 101 cm³/mol. The van der Waals surface area contributed by atoms with E-state index >= 15 is 0 Å². The molecule has 0 aliphatic heterocycles. The Hall–Kier alpha value is -2.44. The highest BCUT2D eigenvalue weighted by molar-refractivity contribution is 9.10. The van der Waals surface area contributed by atoms with Crippen LogP contribution in [0, 0.1) is 0 Å². The lowest BCUT2D eigenvalue weighted by Crippen LogP contribution is -2.14. The van der Waals surface area contributed by atoms with Gasteiger partial charge in [0.25, 0.3) is 5.56 Å². The molecule has 1 aromatic carbocycles. The van der Waals surface area contributed by atoms with Gasteiger partial charge in [-0.15, -0.1) is 0 Å². The third-order valence-corrected chi connectivity index (χ3v) is 4.27. The first kappa shape index (κ1) is 17.4. The van der Waals surface area contributed by atoms with Crippen LogP contribution < -0.4 is 5.56 Å². The lowest BCUT2D eigenvalue weighted by molar-refractivity contribution is 0.0600. The molecule has 126 valence electrons. The van der Waals surface area contributed by atoms with Gasteiger partial charge in [0.1, 0.15) is 5.65 Å². The predicted octanol–water partition coefficient (Wildman–Crippen LogP) is 3.98. The van der Waals surface area contributed by atoms with Gasteiger partial charge < -0.3 is 4.74 Å². The van der Waals surface area contributed by atoms with E-state index in [1.807, 2.05) is 0 Å². The summed E-state index contributed by atoms with van der Waals surface area (Å²) in [6.45, 7) is 0. The number of benzene rings is 1. The summed E-state index contributed by atoms with van der Waals surface area (Å²) in [7, 11) is 1.33. The second-order valence-electron chi connectivity index (χ2n) is 5.16. The van der Waals surface area contributed by atoms with Gasteiger partial charge in [0.2, 0.25) is 0 Å². The average Bonchev–Trinajstić information content (AvgIpc) is 2.62. The van der Waals surface area contributed by atoms with Gasteiger partial charge in [-0.05, 0) is 51.8 Å². The molecule has 2 aromatic heterocycles. The molecule has 0 saturated carbocycles. The minimum atomic E-state index is -0.406. The van der Waals surface area contributed by atoms with E-state index < -0.39 is 5.97 Å². The van der Waals surface area contributed by atoms with Crippen molar-refractivity contribution in [2.75, 3.05) is 7.11 Å². The first-order valence-corrected chi connectivity index (χ1v) is 8.40. The van der Waals surface area contributed by atoms with Crippen molar-refractivity contribution in [3.05, 3.63) is 80.3 Å². The zero-order valence-corrected chi connectivity index (χ0v) is 15.4. The van der Waals surface area contributed by atoms with Crippen molar-refractivity contribution in [2.24, 2.45) is 0 Å². The van der Waals surface area contributed by atoms with Crippen LogP contribution in [0.3, 0.4) is 0 Å². The van der Waals surface area contributed by atoms with Crippen LogP contribution >= 0.6 is 27.5 Å². The van der Waals surface area contributed by atoms with Gasteiger partial charge >= 0.3 is 5.97 Å². The normalized spacial score (nSPS) is 11.6. The number of nitrogens with zero attached hydrogens (tertiary/aromatic N) is 2. The second kappa shape index (κ2) is 7.21. The Kier molecular flexibility index (Phi) is 5.01. The molecule has 0 spiro atoms. The molecule has 0 N–H and O–H groups in total. The number of hydrogen-bond acceptors (Lipinski definition) is 4. The number of carbonyl (C=O) groups excluding carboxylic acids is 1. The minimum Gasteiger partial charge on any atom is -0.465 e. The summed E-state index contributed by atoms with van der Waals surface area (Å²) in [5.74, 6) is -0.406. The number of methoxy groups -OCH3 is 1. The van der Waals surface area contributed by atoms with E-state index in [0.29, 0.717) is 21.9 Å². The van der Waals surface area contributed by atoms with Crippen LogP contribution in [0.4, 0.5) is 0 Å². The summed E-state index contributed by atoms with van der Waals surface area (Å²) in [5.41, 5.74) is 1.87. The molecular weight excluding hydrogens is 408 g/mol. The SMILES string of the molecule is COC(=O)c1ccc(C=C(Cl)c2cc(=O)n3cc(Br)ccc3n2)cc1. The van der Waals surface area contributed by atoms with E-state index in [1.54, 1.807) is 48.7 Å². The average molecular weight is 420 g/mol. The molecule has 0 radical (unpaired) electrons. The number of rotatable bonds is 3. The molecular formula is C18H12BrClN2O3. The van der Waals surface area contributed by atoms with Crippen molar-refractivity contribution < 1.29 is 9.53 Å². The maximum atomic E-state index is 12.2. The molecule has 0 aliphatic carbocycles. The van der Waals surface area contributed by atoms with Crippen molar-refractivity contribution in [1.29, 1.82) is 0 Å². The van der Waals surface area contributed by atoms with E-state index in [0.717, 1.165) is 10.0 Å². The number of pyridine rings is 1. The van der Waals surface area contributed by atoms with E-state index in [4.69, 9.17) is 11.6 Å². The number of esters is 1. The molecule has 0 fully saturated rings. The molecule has 0 bridgehead atoms. The first-order valence-electron chi connectivity index (χ1n) is 7.23. The van der Waals surface area contributed by atoms with E-state index in [9.17, 15) is 9.59 Å². The Morgan fingerprint density at radius 2 is 1.96 bits per heavy atom. The van der Waals surface area contributed by atoms with Crippen molar-refractivity contribution in [2.45, 2.75) is 0 Å². The van der Waals surface area contributed by atoms with Gasteiger partial charge in [0.05, 0.1) is 23.4 Å². The summed E-state index contributed by atoms with van der Waals surface area (Å²) >= 11 is 9.65. The van der Waals surface area contributed by atoms with E-state index in [1.165, 1.54) is 17.6 Å². The number of aromatic nitrogens is 2. The van der Waals surface area contributed by atoms with Crippen LogP contribution in [0.5, 0.6) is 0 Å². The molecule has 2 heterocycles. The number of ether oxygens (including phenoxy) is 1. The molecule has 7 heteroatoms. The number of halogens is 2. The third kappa shape index (κ3) is 3.81. The zero-order valence-electron chi connectivity index (χ0n) is 13.1. The summed E-state index contributed by atoms with van der Waals surface area (Å²) in [6, 6.07) is 11.7. The summed E-state index contributed by atoms with van der Waals surface area (Å²) in [5, 5.41) is 0.327. The van der Waals surface area contributed by atoms with Gasteiger partial charge in [-0.1, -0.05) is 23.7 Å². The monoisotopic (exact) mass is 418 g/mol. The van der Waals surface area contributed by atoms with Crippen LogP contribution in [-0.2, 0) is 4.74 Å².